The van der Waals surface area contributed by atoms with Gasteiger partial charge in [0, 0.05) is 31.5 Å². The molecule has 0 radical (unpaired) electrons. The number of hydrogen-bond donors (Lipinski definition) is 1. The van der Waals surface area contributed by atoms with E-state index in [4.69, 9.17) is 10.5 Å². The summed E-state index contributed by atoms with van der Waals surface area (Å²) < 4.78 is 5.69. The third kappa shape index (κ3) is 4.37. The van der Waals surface area contributed by atoms with Gasteiger partial charge in [-0.05, 0) is 31.1 Å². The SMILES string of the molecule is CC1(C)CN(C(=O)CSCC2CCCCO2)CCC1N. The summed E-state index contributed by atoms with van der Waals surface area (Å²) in [7, 11) is 0. The number of hydrogen-bond acceptors (Lipinski definition) is 4. The number of nitrogens with zero attached hydrogens (tertiary/aromatic N) is 1. The Morgan fingerprint density at radius 2 is 2.20 bits per heavy atom. The summed E-state index contributed by atoms with van der Waals surface area (Å²) in [6.07, 6.45) is 4.86. The van der Waals surface area contributed by atoms with Gasteiger partial charge in [-0.2, -0.15) is 0 Å². The highest BCUT2D eigenvalue weighted by Crippen LogP contribution is 2.28. The number of carbonyl (C=O) groups is 1. The Morgan fingerprint density at radius 3 is 2.85 bits per heavy atom. The molecule has 0 aromatic heterocycles. The second kappa shape index (κ2) is 7.14. The minimum absolute atomic E-state index is 0.0328. The van der Waals surface area contributed by atoms with E-state index in [1.165, 1.54) is 12.8 Å². The van der Waals surface area contributed by atoms with Crippen molar-refractivity contribution in [2.75, 3.05) is 31.2 Å². The molecular formula is C15H28N2O2S. The third-order valence-electron chi connectivity index (χ3n) is 4.47. The molecule has 2 saturated heterocycles. The first-order chi connectivity index (χ1) is 9.49. The molecule has 2 atom stereocenters. The predicted octanol–water partition coefficient (Wildman–Crippen LogP) is 1.87. The lowest BCUT2D eigenvalue weighted by atomic mass is 9.80. The van der Waals surface area contributed by atoms with Crippen molar-refractivity contribution >= 4 is 17.7 Å². The fourth-order valence-electron chi connectivity index (χ4n) is 2.89. The Kier molecular flexibility index (Phi) is 5.75. The highest BCUT2D eigenvalue weighted by atomic mass is 32.2. The number of carbonyl (C=O) groups excluding carboxylic acids is 1. The van der Waals surface area contributed by atoms with Crippen LogP contribution in [0.5, 0.6) is 0 Å². The molecule has 2 aliphatic rings. The number of likely N-dealkylation sites (tertiary alicyclic amines) is 1. The number of thioether (sulfide) groups is 1. The van der Waals surface area contributed by atoms with Crippen LogP contribution in [-0.2, 0) is 9.53 Å². The average Bonchev–Trinajstić information content (AvgIpc) is 2.43. The van der Waals surface area contributed by atoms with Crippen LogP contribution in [0.15, 0.2) is 0 Å². The molecule has 2 aliphatic heterocycles. The zero-order chi connectivity index (χ0) is 14.6. The van der Waals surface area contributed by atoms with E-state index >= 15 is 0 Å². The van der Waals surface area contributed by atoms with E-state index in [-0.39, 0.29) is 17.4 Å². The normalized spacial score (nSPS) is 30.2. The van der Waals surface area contributed by atoms with Crippen molar-refractivity contribution in [1.82, 2.24) is 4.90 Å². The summed E-state index contributed by atoms with van der Waals surface area (Å²) in [5.41, 5.74) is 6.15. The van der Waals surface area contributed by atoms with Gasteiger partial charge in [0.25, 0.3) is 0 Å². The molecule has 116 valence electrons. The van der Waals surface area contributed by atoms with Gasteiger partial charge in [-0.1, -0.05) is 13.8 Å². The van der Waals surface area contributed by atoms with Gasteiger partial charge in [0.1, 0.15) is 0 Å². The van der Waals surface area contributed by atoms with Gasteiger partial charge >= 0.3 is 0 Å². The van der Waals surface area contributed by atoms with Gasteiger partial charge in [-0.15, -0.1) is 11.8 Å². The van der Waals surface area contributed by atoms with Crippen molar-refractivity contribution in [2.24, 2.45) is 11.1 Å². The summed E-state index contributed by atoms with van der Waals surface area (Å²) in [6.45, 7) is 6.79. The molecule has 2 heterocycles. The summed E-state index contributed by atoms with van der Waals surface area (Å²) in [5.74, 6) is 1.78. The van der Waals surface area contributed by atoms with Crippen molar-refractivity contribution in [3.63, 3.8) is 0 Å². The van der Waals surface area contributed by atoms with Gasteiger partial charge in [-0.25, -0.2) is 0 Å². The molecule has 2 rings (SSSR count). The van der Waals surface area contributed by atoms with E-state index in [0.717, 1.165) is 38.3 Å². The summed E-state index contributed by atoms with van der Waals surface area (Å²) in [4.78, 5) is 14.2. The molecule has 0 saturated carbocycles. The van der Waals surface area contributed by atoms with Crippen molar-refractivity contribution < 1.29 is 9.53 Å². The first-order valence-corrected chi connectivity index (χ1v) is 8.87. The first kappa shape index (κ1) is 16.1. The smallest absolute Gasteiger partial charge is 0.232 e. The lowest BCUT2D eigenvalue weighted by Crippen LogP contribution is -2.54. The number of nitrogens with two attached hydrogens (primary N) is 1. The van der Waals surface area contributed by atoms with Gasteiger partial charge in [0.05, 0.1) is 11.9 Å². The minimum Gasteiger partial charge on any atom is -0.377 e. The lowest BCUT2D eigenvalue weighted by Gasteiger charge is -2.42. The maximum atomic E-state index is 12.3. The van der Waals surface area contributed by atoms with Gasteiger partial charge in [0.15, 0.2) is 0 Å². The Hall–Kier alpha value is -0.260. The fraction of sp³-hybridized carbons (Fsp3) is 0.933. The number of amides is 1. The monoisotopic (exact) mass is 300 g/mol. The number of piperidine rings is 1. The fourth-order valence-corrected chi connectivity index (χ4v) is 3.90. The minimum atomic E-state index is 0.0328. The zero-order valence-electron chi connectivity index (χ0n) is 12.8. The summed E-state index contributed by atoms with van der Waals surface area (Å²) >= 11 is 1.72. The molecule has 0 aromatic rings. The maximum Gasteiger partial charge on any atom is 0.232 e. The van der Waals surface area contributed by atoms with Crippen molar-refractivity contribution in [1.29, 1.82) is 0 Å². The van der Waals surface area contributed by atoms with Crippen LogP contribution in [0, 0.1) is 5.41 Å². The molecule has 2 fully saturated rings. The highest BCUT2D eigenvalue weighted by molar-refractivity contribution is 7.99. The topological polar surface area (TPSA) is 55.6 Å². The Balaban J connectivity index is 1.69. The van der Waals surface area contributed by atoms with Crippen LogP contribution in [0.2, 0.25) is 0 Å². The van der Waals surface area contributed by atoms with Crippen molar-refractivity contribution in [3.05, 3.63) is 0 Å². The molecule has 0 spiro atoms. The molecule has 0 aliphatic carbocycles. The molecule has 0 aromatic carbocycles. The molecular weight excluding hydrogens is 272 g/mol. The predicted molar refractivity (Wildman–Crippen MR) is 83.9 cm³/mol. The molecule has 5 heteroatoms. The second-order valence-electron chi connectivity index (χ2n) is 6.70. The number of rotatable bonds is 4. The summed E-state index contributed by atoms with van der Waals surface area (Å²) in [5, 5.41) is 0. The van der Waals surface area contributed by atoms with Crippen LogP contribution in [0.4, 0.5) is 0 Å². The Bertz CT molecular complexity index is 330. The van der Waals surface area contributed by atoms with Crippen LogP contribution >= 0.6 is 11.8 Å². The van der Waals surface area contributed by atoms with Crippen LogP contribution in [0.25, 0.3) is 0 Å². The zero-order valence-corrected chi connectivity index (χ0v) is 13.6. The van der Waals surface area contributed by atoms with E-state index in [9.17, 15) is 4.79 Å². The highest BCUT2D eigenvalue weighted by Gasteiger charge is 2.35. The van der Waals surface area contributed by atoms with E-state index < -0.39 is 0 Å². The second-order valence-corrected chi connectivity index (χ2v) is 7.73. The summed E-state index contributed by atoms with van der Waals surface area (Å²) in [6, 6.07) is 0.204. The molecule has 20 heavy (non-hydrogen) atoms. The quantitative estimate of drug-likeness (QED) is 0.861. The number of ether oxygens (including phenoxy) is 1. The van der Waals surface area contributed by atoms with Crippen molar-refractivity contribution in [3.8, 4) is 0 Å². The van der Waals surface area contributed by atoms with E-state index in [1.54, 1.807) is 11.8 Å². The molecule has 0 bridgehead atoms. The molecule has 2 unspecified atom stereocenters. The molecule has 2 N–H and O–H groups in total. The average molecular weight is 300 g/mol. The standard InChI is InChI=1S/C15H28N2O2S/c1-15(2)11-17(7-6-13(15)16)14(18)10-20-9-12-5-3-4-8-19-12/h12-13H,3-11,16H2,1-2H3. The molecule has 1 amide bonds. The Morgan fingerprint density at radius 1 is 1.40 bits per heavy atom. The van der Waals surface area contributed by atoms with Crippen LogP contribution in [-0.4, -0.2) is 54.2 Å². The third-order valence-corrected chi connectivity index (χ3v) is 5.53. The molecule has 4 nitrogen and oxygen atoms in total. The van der Waals surface area contributed by atoms with Crippen LogP contribution < -0.4 is 5.73 Å². The van der Waals surface area contributed by atoms with Crippen molar-refractivity contribution in [2.45, 2.75) is 51.7 Å². The Labute approximate surface area is 126 Å². The van der Waals surface area contributed by atoms with Crippen LogP contribution in [0.3, 0.4) is 0 Å². The van der Waals surface area contributed by atoms with E-state index in [0.29, 0.717) is 11.9 Å². The van der Waals surface area contributed by atoms with Gasteiger partial charge in [0.2, 0.25) is 5.91 Å². The van der Waals surface area contributed by atoms with Crippen LogP contribution in [0.1, 0.15) is 39.5 Å². The van der Waals surface area contributed by atoms with Gasteiger partial charge < -0.3 is 15.4 Å². The maximum absolute atomic E-state index is 12.3. The van der Waals surface area contributed by atoms with E-state index in [2.05, 4.69) is 13.8 Å². The van der Waals surface area contributed by atoms with Gasteiger partial charge in [-0.3, -0.25) is 4.79 Å². The van der Waals surface area contributed by atoms with E-state index in [1.807, 2.05) is 4.90 Å². The first-order valence-electron chi connectivity index (χ1n) is 7.72. The lowest BCUT2D eigenvalue weighted by molar-refractivity contribution is -0.131. The largest absolute Gasteiger partial charge is 0.377 e.